The third-order valence-electron chi connectivity index (χ3n) is 2.73. The highest BCUT2D eigenvalue weighted by Crippen LogP contribution is 2.40. The molecule has 0 amide bonds. The minimum atomic E-state index is -0.750. The summed E-state index contributed by atoms with van der Waals surface area (Å²) in [5.41, 5.74) is 0. The van der Waals surface area contributed by atoms with Crippen LogP contribution in [0.3, 0.4) is 0 Å². The Bertz CT molecular complexity index is 181. The quantitative estimate of drug-likeness (QED) is 0.503. The zero-order chi connectivity index (χ0) is 9.19. The van der Waals surface area contributed by atoms with Gasteiger partial charge < -0.3 is 0 Å². The number of halogens is 2. The molecule has 3 heteroatoms. The number of alkyl halides is 1. The Balaban J connectivity index is 2.61. The Morgan fingerprint density at radius 3 is 2.83 bits per heavy atom. The second-order valence-corrected chi connectivity index (χ2v) is 4.68. The van der Waals surface area contributed by atoms with E-state index in [9.17, 15) is 4.79 Å². The van der Waals surface area contributed by atoms with Crippen molar-refractivity contribution in [1.82, 2.24) is 0 Å². The molecule has 0 saturated heterocycles. The average Bonchev–Trinajstić information content (AvgIpc) is 2.04. The van der Waals surface area contributed by atoms with Gasteiger partial charge in [-0.1, -0.05) is 26.2 Å². The summed E-state index contributed by atoms with van der Waals surface area (Å²) in [6, 6.07) is 0. The molecule has 0 radical (unpaired) electrons. The maximum Gasteiger partial charge on any atom is 0.242 e. The molecule has 0 aliphatic heterocycles. The third-order valence-corrected chi connectivity index (χ3v) is 3.70. The van der Waals surface area contributed by atoms with Crippen molar-refractivity contribution < 1.29 is 4.79 Å². The molecule has 0 heterocycles. The zero-order valence-corrected chi connectivity index (χ0v) is 8.79. The van der Waals surface area contributed by atoms with Gasteiger partial charge in [0.05, 0.1) is 0 Å². The van der Waals surface area contributed by atoms with Crippen LogP contribution in [0.25, 0.3) is 0 Å². The maximum atomic E-state index is 11.0. The Kier molecular flexibility index (Phi) is 3.42. The van der Waals surface area contributed by atoms with E-state index in [2.05, 4.69) is 6.92 Å². The first kappa shape index (κ1) is 10.3. The van der Waals surface area contributed by atoms with Gasteiger partial charge in [-0.25, -0.2) is 0 Å². The molecule has 1 rings (SSSR count). The lowest BCUT2D eigenvalue weighted by atomic mass is 9.80. The summed E-state index contributed by atoms with van der Waals surface area (Å²) < 4.78 is 0. The predicted molar refractivity (Wildman–Crippen MR) is 51.7 cm³/mol. The van der Waals surface area contributed by atoms with Crippen LogP contribution in [-0.2, 0) is 4.79 Å². The normalized spacial score (nSPS) is 36.4. The Labute approximate surface area is 83.4 Å². The van der Waals surface area contributed by atoms with E-state index in [1.807, 2.05) is 0 Å². The Morgan fingerprint density at radius 1 is 1.67 bits per heavy atom. The van der Waals surface area contributed by atoms with Crippen molar-refractivity contribution in [1.29, 1.82) is 0 Å². The van der Waals surface area contributed by atoms with Gasteiger partial charge >= 0.3 is 0 Å². The Hall–Kier alpha value is 0.250. The second kappa shape index (κ2) is 3.97. The first-order valence-corrected chi connectivity index (χ1v) is 5.23. The van der Waals surface area contributed by atoms with Gasteiger partial charge in [0.25, 0.3) is 0 Å². The molecular weight excluding hydrogens is 195 g/mol. The maximum absolute atomic E-state index is 11.0. The fraction of sp³-hybridized carbons (Fsp3) is 0.889. The highest BCUT2D eigenvalue weighted by Gasteiger charge is 2.39. The van der Waals surface area contributed by atoms with Gasteiger partial charge in [0.2, 0.25) is 5.24 Å². The molecule has 0 aromatic heterocycles. The summed E-state index contributed by atoms with van der Waals surface area (Å²) >= 11 is 11.6. The lowest BCUT2D eigenvalue weighted by Crippen LogP contribution is -2.35. The van der Waals surface area contributed by atoms with Gasteiger partial charge in [-0.2, -0.15) is 0 Å². The number of hydrogen-bond donors (Lipinski definition) is 0. The van der Waals surface area contributed by atoms with E-state index in [0.717, 1.165) is 25.7 Å². The molecule has 70 valence electrons. The van der Waals surface area contributed by atoms with Gasteiger partial charge in [0.15, 0.2) is 0 Å². The number of rotatable bonds is 2. The molecule has 0 N–H and O–H groups in total. The van der Waals surface area contributed by atoms with Gasteiger partial charge in [-0.05, 0) is 30.4 Å². The largest absolute Gasteiger partial charge is 0.279 e. The van der Waals surface area contributed by atoms with Crippen LogP contribution in [0.15, 0.2) is 0 Å². The molecule has 0 aromatic carbocycles. The van der Waals surface area contributed by atoms with Crippen LogP contribution in [0.1, 0.15) is 39.0 Å². The standard InChI is InChI=1S/C9H14Cl2O/c1-2-7-4-3-5-9(11,6-7)8(10)12/h7H,2-6H2,1H3. The van der Waals surface area contributed by atoms with Gasteiger partial charge in [0, 0.05) is 0 Å². The van der Waals surface area contributed by atoms with Gasteiger partial charge in [-0.3, -0.25) is 4.79 Å². The number of carbonyl (C=O) groups excluding carboxylic acids is 1. The lowest BCUT2D eigenvalue weighted by molar-refractivity contribution is -0.115. The van der Waals surface area contributed by atoms with Crippen molar-refractivity contribution >= 4 is 28.4 Å². The van der Waals surface area contributed by atoms with Crippen molar-refractivity contribution in [3.8, 4) is 0 Å². The van der Waals surface area contributed by atoms with Crippen LogP contribution in [0, 0.1) is 5.92 Å². The van der Waals surface area contributed by atoms with Crippen LogP contribution in [0.5, 0.6) is 0 Å². The molecule has 1 saturated carbocycles. The van der Waals surface area contributed by atoms with E-state index in [1.54, 1.807) is 0 Å². The van der Waals surface area contributed by atoms with Gasteiger partial charge in [-0.15, -0.1) is 11.6 Å². The molecule has 1 nitrogen and oxygen atoms in total. The van der Waals surface area contributed by atoms with Crippen LogP contribution >= 0.6 is 23.2 Å². The molecule has 2 atom stereocenters. The molecule has 2 unspecified atom stereocenters. The summed E-state index contributed by atoms with van der Waals surface area (Å²) in [5.74, 6) is 0.582. The topological polar surface area (TPSA) is 17.1 Å². The van der Waals surface area contributed by atoms with Crippen molar-refractivity contribution in [2.75, 3.05) is 0 Å². The van der Waals surface area contributed by atoms with Crippen LogP contribution in [0.2, 0.25) is 0 Å². The summed E-state index contributed by atoms with van der Waals surface area (Å²) in [7, 11) is 0. The van der Waals surface area contributed by atoms with Crippen LogP contribution < -0.4 is 0 Å². The fourth-order valence-electron chi connectivity index (χ4n) is 1.86. The van der Waals surface area contributed by atoms with E-state index >= 15 is 0 Å². The average molecular weight is 209 g/mol. The van der Waals surface area contributed by atoms with E-state index in [4.69, 9.17) is 23.2 Å². The summed E-state index contributed by atoms with van der Waals surface area (Å²) in [4.78, 5) is 10.3. The summed E-state index contributed by atoms with van der Waals surface area (Å²) in [6.07, 6.45) is 4.81. The van der Waals surface area contributed by atoms with E-state index in [0.29, 0.717) is 5.92 Å². The first-order chi connectivity index (χ1) is 5.58. The summed E-state index contributed by atoms with van der Waals surface area (Å²) in [5, 5.41) is -0.373. The van der Waals surface area contributed by atoms with Crippen LogP contribution in [-0.4, -0.2) is 10.1 Å². The van der Waals surface area contributed by atoms with Crippen molar-refractivity contribution in [3.05, 3.63) is 0 Å². The van der Waals surface area contributed by atoms with Crippen molar-refractivity contribution in [2.45, 2.75) is 43.9 Å². The number of carbonyl (C=O) groups is 1. The minimum Gasteiger partial charge on any atom is -0.279 e. The predicted octanol–water partition coefficient (Wildman–Crippen LogP) is 3.33. The summed E-state index contributed by atoms with van der Waals surface area (Å²) in [6.45, 7) is 2.13. The highest BCUT2D eigenvalue weighted by molar-refractivity contribution is 6.70. The lowest BCUT2D eigenvalue weighted by Gasteiger charge is -2.32. The van der Waals surface area contributed by atoms with Gasteiger partial charge in [0.1, 0.15) is 4.87 Å². The van der Waals surface area contributed by atoms with Crippen molar-refractivity contribution in [2.24, 2.45) is 5.92 Å². The monoisotopic (exact) mass is 208 g/mol. The molecule has 0 aromatic rings. The molecule has 12 heavy (non-hydrogen) atoms. The molecule has 1 aliphatic rings. The molecule has 0 bridgehead atoms. The molecule has 1 fully saturated rings. The molecule has 1 aliphatic carbocycles. The smallest absolute Gasteiger partial charge is 0.242 e. The van der Waals surface area contributed by atoms with E-state index in [-0.39, 0.29) is 5.24 Å². The minimum absolute atomic E-state index is 0.373. The molecular formula is C9H14Cl2O. The molecule has 0 spiro atoms. The number of hydrogen-bond acceptors (Lipinski definition) is 1. The first-order valence-electron chi connectivity index (χ1n) is 4.47. The Morgan fingerprint density at radius 2 is 2.33 bits per heavy atom. The van der Waals surface area contributed by atoms with E-state index < -0.39 is 4.87 Å². The fourth-order valence-corrected chi connectivity index (χ4v) is 2.38. The second-order valence-electron chi connectivity index (χ2n) is 3.61. The SMILES string of the molecule is CCC1CCCC(Cl)(C(=O)Cl)C1. The van der Waals surface area contributed by atoms with Crippen LogP contribution in [0.4, 0.5) is 0 Å². The van der Waals surface area contributed by atoms with E-state index in [1.165, 1.54) is 6.42 Å². The third kappa shape index (κ3) is 2.14. The van der Waals surface area contributed by atoms with Crippen molar-refractivity contribution in [3.63, 3.8) is 0 Å². The zero-order valence-electron chi connectivity index (χ0n) is 7.28. The highest BCUT2D eigenvalue weighted by atomic mass is 35.5.